The van der Waals surface area contributed by atoms with E-state index in [2.05, 4.69) is 41.7 Å². The Morgan fingerprint density at radius 2 is 2.47 bits per heavy atom. The molecular formula is C11H15N3O. The second-order valence-electron chi connectivity index (χ2n) is 4.03. The number of rotatable bonds is 2. The quantitative estimate of drug-likeness (QED) is 0.736. The minimum Gasteiger partial charge on any atom is -0.334 e. The number of nitrogens with zero attached hydrogens (tertiary/aromatic N) is 3. The van der Waals surface area contributed by atoms with Gasteiger partial charge in [-0.3, -0.25) is 0 Å². The highest BCUT2D eigenvalue weighted by molar-refractivity contribution is 5.61. The fourth-order valence-electron chi connectivity index (χ4n) is 1.88. The van der Waals surface area contributed by atoms with Crippen LogP contribution in [-0.4, -0.2) is 35.2 Å². The fourth-order valence-corrected chi connectivity index (χ4v) is 1.88. The average molecular weight is 205 g/mol. The van der Waals surface area contributed by atoms with Crippen molar-refractivity contribution < 1.29 is 4.52 Å². The lowest BCUT2D eigenvalue weighted by molar-refractivity contribution is 0.321. The molecule has 2 rings (SSSR count). The third kappa shape index (κ3) is 2.15. The van der Waals surface area contributed by atoms with E-state index in [1.165, 1.54) is 0 Å². The summed E-state index contributed by atoms with van der Waals surface area (Å²) in [6.07, 6.45) is 3.78. The third-order valence-corrected chi connectivity index (χ3v) is 2.42. The van der Waals surface area contributed by atoms with Crippen LogP contribution in [0.1, 0.15) is 18.6 Å². The Labute approximate surface area is 89.3 Å². The Bertz CT molecular complexity index is 394. The molecule has 4 nitrogen and oxygen atoms in total. The van der Waals surface area contributed by atoms with Gasteiger partial charge in [0.05, 0.1) is 0 Å². The van der Waals surface area contributed by atoms with Crippen molar-refractivity contribution in [3.8, 4) is 0 Å². The van der Waals surface area contributed by atoms with E-state index in [1.54, 1.807) is 6.08 Å². The maximum Gasteiger partial charge on any atom is 0.255 e. The summed E-state index contributed by atoms with van der Waals surface area (Å²) in [5, 5.41) is 3.80. The maximum absolute atomic E-state index is 5.16. The van der Waals surface area contributed by atoms with Gasteiger partial charge < -0.3 is 9.42 Å². The van der Waals surface area contributed by atoms with E-state index in [9.17, 15) is 0 Å². The van der Waals surface area contributed by atoms with Gasteiger partial charge in [-0.2, -0.15) is 4.98 Å². The topological polar surface area (TPSA) is 42.2 Å². The van der Waals surface area contributed by atoms with Crippen LogP contribution in [0.15, 0.2) is 17.2 Å². The van der Waals surface area contributed by atoms with Gasteiger partial charge in [0.1, 0.15) is 0 Å². The molecule has 0 saturated heterocycles. The summed E-state index contributed by atoms with van der Waals surface area (Å²) in [5.74, 6) is 1.69. The van der Waals surface area contributed by atoms with E-state index in [0.717, 1.165) is 18.7 Å². The Hall–Kier alpha value is -1.42. The van der Waals surface area contributed by atoms with Gasteiger partial charge >= 0.3 is 0 Å². The summed E-state index contributed by atoms with van der Waals surface area (Å²) < 4.78 is 5.16. The molecule has 0 N–H and O–H groups in total. The van der Waals surface area contributed by atoms with Gasteiger partial charge in [-0.05, 0) is 19.0 Å². The van der Waals surface area contributed by atoms with E-state index in [-0.39, 0.29) is 0 Å². The molecule has 2 heterocycles. The molecule has 0 aromatic carbocycles. The van der Waals surface area contributed by atoms with Crippen LogP contribution in [0.25, 0.3) is 11.6 Å². The highest BCUT2D eigenvalue weighted by Gasteiger charge is 2.19. The van der Waals surface area contributed by atoms with Crippen molar-refractivity contribution >= 4 is 11.6 Å². The number of likely N-dealkylation sites (N-methyl/N-ethyl adjacent to an activating group) is 1. The molecule has 0 aliphatic carbocycles. The number of hydrogen-bond acceptors (Lipinski definition) is 4. The van der Waals surface area contributed by atoms with Crippen LogP contribution in [-0.2, 0) is 0 Å². The van der Waals surface area contributed by atoms with Crippen LogP contribution in [0.3, 0.4) is 0 Å². The normalized spacial score (nSPS) is 22.5. The summed E-state index contributed by atoms with van der Waals surface area (Å²) >= 11 is 0. The fraction of sp³-hybridized carbons (Fsp3) is 0.455. The van der Waals surface area contributed by atoms with Crippen molar-refractivity contribution in [3.63, 3.8) is 0 Å². The minimum atomic E-state index is 0.526. The summed E-state index contributed by atoms with van der Waals surface area (Å²) in [4.78, 5) is 6.48. The molecule has 1 unspecified atom stereocenters. The Morgan fingerprint density at radius 3 is 3.07 bits per heavy atom. The molecule has 1 aliphatic heterocycles. The van der Waals surface area contributed by atoms with Gasteiger partial charge in [0.2, 0.25) is 0 Å². The Balaban J connectivity index is 2.26. The highest BCUT2D eigenvalue weighted by atomic mass is 16.5. The van der Waals surface area contributed by atoms with Crippen LogP contribution < -0.4 is 0 Å². The van der Waals surface area contributed by atoms with Gasteiger partial charge in [0.15, 0.2) is 5.82 Å². The lowest BCUT2D eigenvalue weighted by atomic mass is 10.0. The van der Waals surface area contributed by atoms with Gasteiger partial charge in [-0.15, -0.1) is 0 Å². The molecule has 0 bridgehead atoms. The van der Waals surface area contributed by atoms with E-state index in [0.29, 0.717) is 17.6 Å². The minimum absolute atomic E-state index is 0.526. The molecule has 0 spiro atoms. The second kappa shape index (κ2) is 3.98. The molecule has 1 aromatic heterocycles. The van der Waals surface area contributed by atoms with Crippen LogP contribution in [0.2, 0.25) is 0 Å². The molecule has 1 aliphatic rings. The van der Waals surface area contributed by atoms with Crippen molar-refractivity contribution in [3.05, 3.63) is 24.4 Å². The first-order valence-electron chi connectivity index (χ1n) is 5.05. The zero-order valence-corrected chi connectivity index (χ0v) is 9.10. The summed E-state index contributed by atoms with van der Waals surface area (Å²) in [6, 6.07) is 0. The molecule has 1 aromatic rings. The molecule has 0 radical (unpaired) electrons. The Morgan fingerprint density at radius 1 is 1.67 bits per heavy atom. The van der Waals surface area contributed by atoms with E-state index >= 15 is 0 Å². The van der Waals surface area contributed by atoms with Crippen LogP contribution in [0, 0.1) is 5.92 Å². The lowest BCUT2D eigenvalue weighted by Gasteiger charge is -2.25. The predicted molar refractivity (Wildman–Crippen MR) is 59.0 cm³/mol. The number of hydrogen-bond donors (Lipinski definition) is 0. The Kier molecular flexibility index (Phi) is 2.68. The SMILES string of the molecule is C=Cc1noc(C2=CC(C)CN(C)C2)n1. The van der Waals surface area contributed by atoms with Crippen molar-refractivity contribution in [2.75, 3.05) is 20.1 Å². The maximum atomic E-state index is 5.16. The zero-order chi connectivity index (χ0) is 10.8. The third-order valence-electron chi connectivity index (χ3n) is 2.42. The monoisotopic (exact) mass is 205 g/mol. The van der Waals surface area contributed by atoms with Gasteiger partial charge in [-0.25, -0.2) is 0 Å². The first-order valence-corrected chi connectivity index (χ1v) is 5.05. The lowest BCUT2D eigenvalue weighted by Crippen LogP contribution is -2.29. The molecule has 0 saturated carbocycles. The zero-order valence-electron chi connectivity index (χ0n) is 9.10. The van der Waals surface area contributed by atoms with E-state index in [1.807, 2.05) is 0 Å². The molecule has 1 atom stereocenters. The predicted octanol–water partition coefficient (Wildman–Crippen LogP) is 1.68. The first kappa shape index (κ1) is 10.1. The molecule has 0 amide bonds. The van der Waals surface area contributed by atoms with Crippen LogP contribution >= 0.6 is 0 Å². The summed E-state index contributed by atoms with van der Waals surface area (Å²) in [5.41, 5.74) is 1.11. The number of aromatic nitrogens is 2. The first-order chi connectivity index (χ1) is 7.19. The molecule has 0 fully saturated rings. The molecule has 80 valence electrons. The summed E-state index contributed by atoms with van der Waals surface area (Å²) in [7, 11) is 2.09. The van der Waals surface area contributed by atoms with Gasteiger partial charge in [-0.1, -0.05) is 24.7 Å². The van der Waals surface area contributed by atoms with Crippen molar-refractivity contribution in [2.45, 2.75) is 6.92 Å². The van der Waals surface area contributed by atoms with Crippen molar-refractivity contribution in [1.29, 1.82) is 0 Å². The summed E-state index contributed by atoms with van der Waals surface area (Å²) in [6.45, 7) is 7.72. The van der Waals surface area contributed by atoms with E-state index < -0.39 is 0 Å². The molecular weight excluding hydrogens is 190 g/mol. The van der Waals surface area contributed by atoms with Gasteiger partial charge in [0, 0.05) is 18.7 Å². The van der Waals surface area contributed by atoms with Crippen molar-refractivity contribution in [2.24, 2.45) is 5.92 Å². The van der Waals surface area contributed by atoms with Crippen LogP contribution in [0.4, 0.5) is 0 Å². The van der Waals surface area contributed by atoms with Gasteiger partial charge in [0.25, 0.3) is 5.89 Å². The van der Waals surface area contributed by atoms with E-state index in [4.69, 9.17) is 4.52 Å². The smallest absolute Gasteiger partial charge is 0.255 e. The second-order valence-corrected chi connectivity index (χ2v) is 4.03. The standard InChI is InChI=1S/C11H15N3O/c1-4-10-12-11(15-13-10)9-5-8(2)6-14(3)7-9/h4-5,8H,1,6-7H2,2-3H3. The molecule has 15 heavy (non-hydrogen) atoms. The average Bonchev–Trinajstić information content (AvgIpc) is 2.64. The van der Waals surface area contributed by atoms with Crippen molar-refractivity contribution in [1.82, 2.24) is 15.0 Å². The van der Waals surface area contributed by atoms with Crippen LogP contribution in [0.5, 0.6) is 0 Å². The molecule has 4 heteroatoms. The highest BCUT2D eigenvalue weighted by Crippen LogP contribution is 2.21. The largest absolute Gasteiger partial charge is 0.334 e.